The summed E-state index contributed by atoms with van der Waals surface area (Å²) in [5.74, 6) is -2.11. The Labute approximate surface area is 167 Å². The number of carbonyl (C=O) groups is 3. The summed E-state index contributed by atoms with van der Waals surface area (Å²) in [4.78, 5) is 36.7. The van der Waals surface area contributed by atoms with Gasteiger partial charge in [-0.2, -0.15) is 0 Å². The molecule has 0 aliphatic carbocycles. The lowest BCUT2D eigenvalue weighted by Crippen LogP contribution is -2.56. The van der Waals surface area contributed by atoms with E-state index in [0.29, 0.717) is 19.3 Å². The SMILES string of the molecule is CCC(C)C(NC(=O)C(CC(C)C)NC(=O)C(N)Cc1ccccc1)C(=O)O. The van der Waals surface area contributed by atoms with Crippen molar-refractivity contribution in [2.24, 2.45) is 17.6 Å². The summed E-state index contributed by atoms with van der Waals surface area (Å²) in [5, 5.41) is 14.7. The summed E-state index contributed by atoms with van der Waals surface area (Å²) in [5.41, 5.74) is 6.94. The van der Waals surface area contributed by atoms with E-state index in [1.165, 1.54) is 0 Å². The molecule has 0 aliphatic rings. The Morgan fingerprint density at radius 1 is 1.04 bits per heavy atom. The fourth-order valence-corrected chi connectivity index (χ4v) is 2.88. The second-order valence-corrected chi connectivity index (χ2v) is 7.70. The van der Waals surface area contributed by atoms with Gasteiger partial charge in [0.2, 0.25) is 11.8 Å². The number of amides is 2. The highest BCUT2D eigenvalue weighted by Crippen LogP contribution is 2.11. The van der Waals surface area contributed by atoms with E-state index < -0.39 is 35.9 Å². The van der Waals surface area contributed by atoms with Crippen LogP contribution in [0.15, 0.2) is 30.3 Å². The number of carboxylic acids is 1. The van der Waals surface area contributed by atoms with Crippen molar-refractivity contribution in [3.8, 4) is 0 Å². The molecule has 5 N–H and O–H groups in total. The molecule has 0 saturated heterocycles. The largest absolute Gasteiger partial charge is 0.480 e. The quantitative estimate of drug-likeness (QED) is 0.457. The Morgan fingerprint density at radius 2 is 1.64 bits per heavy atom. The highest BCUT2D eigenvalue weighted by atomic mass is 16.4. The van der Waals surface area contributed by atoms with E-state index in [0.717, 1.165) is 5.56 Å². The average Bonchev–Trinajstić information content (AvgIpc) is 2.64. The van der Waals surface area contributed by atoms with E-state index in [-0.39, 0.29) is 11.8 Å². The maximum Gasteiger partial charge on any atom is 0.326 e. The van der Waals surface area contributed by atoms with Gasteiger partial charge in [0.05, 0.1) is 6.04 Å². The van der Waals surface area contributed by atoms with Crippen LogP contribution in [-0.4, -0.2) is 41.0 Å². The van der Waals surface area contributed by atoms with Gasteiger partial charge in [0.15, 0.2) is 0 Å². The maximum atomic E-state index is 12.7. The number of carbonyl (C=O) groups excluding carboxylic acids is 2. The second-order valence-electron chi connectivity index (χ2n) is 7.70. The zero-order valence-electron chi connectivity index (χ0n) is 17.1. The minimum atomic E-state index is -1.09. The van der Waals surface area contributed by atoms with E-state index in [1.54, 1.807) is 6.92 Å². The minimum Gasteiger partial charge on any atom is -0.480 e. The van der Waals surface area contributed by atoms with Crippen LogP contribution in [0.5, 0.6) is 0 Å². The highest BCUT2D eigenvalue weighted by molar-refractivity contribution is 5.91. The first-order chi connectivity index (χ1) is 13.1. The average molecular weight is 392 g/mol. The number of nitrogens with two attached hydrogens (primary N) is 1. The predicted molar refractivity (Wildman–Crippen MR) is 109 cm³/mol. The normalized spacial score (nSPS) is 15.4. The monoisotopic (exact) mass is 391 g/mol. The summed E-state index contributed by atoms with van der Waals surface area (Å²) in [6.07, 6.45) is 1.36. The van der Waals surface area contributed by atoms with Crippen LogP contribution < -0.4 is 16.4 Å². The predicted octanol–water partition coefficient (Wildman–Crippen LogP) is 1.70. The molecule has 0 heterocycles. The Balaban J connectivity index is 2.81. The molecular weight excluding hydrogens is 358 g/mol. The van der Waals surface area contributed by atoms with E-state index in [1.807, 2.05) is 51.1 Å². The van der Waals surface area contributed by atoms with Crippen molar-refractivity contribution in [3.05, 3.63) is 35.9 Å². The molecule has 0 spiro atoms. The molecule has 1 aromatic rings. The molecule has 1 aromatic carbocycles. The van der Waals surface area contributed by atoms with Gasteiger partial charge in [0, 0.05) is 0 Å². The van der Waals surface area contributed by atoms with Crippen LogP contribution in [0.25, 0.3) is 0 Å². The number of carboxylic acid groups (broad SMARTS) is 1. The van der Waals surface area contributed by atoms with Crippen LogP contribution in [0.1, 0.15) is 46.1 Å². The van der Waals surface area contributed by atoms with Crippen LogP contribution in [0.4, 0.5) is 0 Å². The van der Waals surface area contributed by atoms with Crippen molar-refractivity contribution in [2.75, 3.05) is 0 Å². The van der Waals surface area contributed by atoms with Crippen molar-refractivity contribution < 1.29 is 19.5 Å². The van der Waals surface area contributed by atoms with E-state index in [2.05, 4.69) is 10.6 Å². The van der Waals surface area contributed by atoms with Crippen LogP contribution >= 0.6 is 0 Å². The van der Waals surface area contributed by atoms with Crippen LogP contribution in [0.3, 0.4) is 0 Å². The minimum absolute atomic E-state index is 0.133. The summed E-state index contributed by atoms with van der Waals surface area (Å²) in [6, 6.07) is 6.77. The molecule has 0 aliphatic heterocycles. The van der Waals surface area contributed by atoms with Crippen LogP contribution in [0.2, 0.25) is 0 Å². The maximum absolute atomic E-state index is 12.7. The van der Waals surface area contributed by atoms with Crippen molar-refractivity contribution in [1.82, 2.24) is 10.6 Å². The Hall–Kier alpha value is -2.41. The standard InChI is InChI=1S/C21H33N3O4/c1-5-14(4)18(21(27)28)24-20(26)17(11-13(2)3)23-19(25)16(22)12-15-9-7-6-8-10-15/h6-10,13-14,16-18H,5,11-12,22H2,1-4H3,(H,23,25)(H,24,26)(H,27,28). The molecule has 0 radical (unpaired) electrons. The van der Waals surface area contributed by atoms with Gasteiger partial charge in [-0.1, -0.05) is 64.4 Å². The summed E-state index contributed by atoms with van der Waals surface area (Å²) >= 11 is 0. The lowest BCUT2D eigenvalue weighted by molar-refractivity contribution is -0.143. The lowest BCUT2D eigenvalue weighted by Gasteiger charge is -2.26. The first-order valence-corrected chi connectivity index (χ1v) is 9.78. The van der Waals surface area contributed by atoms with Gasteiger partial charge in [-0.05, 0) is 30.2 Å². The third-order valence-corrected chi connectivity index (χ3v) is 4.75. The molecule has 0 aromatic heterocycles. The fourth-order valence-electron chi connectivity index (χ4n) is 2.88. The molecule has 2 amide bonds. The third-order valence-electron chi connectivity index (χ3n) is 4.75. The molecule has 7 heteroatoms. The molecule has 4 unspecified atom stereocenters. The Kier molecular flexibility index (Phi) is 9.65. The molecular formula is C21H33N3O4. The first kappa shape index (κ1) is 23.6. The summed E-state index contributed by atoms with van der Waals surface area (Å²) in [6.45, 7) is 7.49. The zero-order valence-corrected chi connectivity index (χ0v) is 17.1. The van der Waals surface area contributed by atoms with Gasteiger partial charge in [-0.3, -0.25) is 9.59 Å². The number of hydrogen-bond donors (Lipinski definition) is 4. The molecule has 0 fully saturated rings. The highest BCUT2D eigenvalue weighted by Gasteiger charge is 2.30. The first-order valence-electron chi connectivity index (χ1n) is 9.78. The number of aliphatic carboxylic acids is 1. The molecule has 156 valence electrons. The molecule has 4 atom stereocenters. The number of nitrogens with one attached hydrogen (secondary N) is 2. The number of rotatable bonds is 11. The molecule has 0 bridgehead atoms. The van der Waals surface area contributed by atoms with Crippen LogP contribution in [0, 0.1) is 11.8 Å². The third kappa shape index (κ3) is 7.68. The molecule has 0 saturated carbocycles. The summed E-state index contributed by atoms with van der Waals surface area (Å²) < 4.78 is 0. The second kappa shape index (κ2) is 11.4. The Bertz CT molecular complexity index is 648. The fraction of sp³-hybridized carbons (Fsp3) is 0.571. The van der Waals surface area contributed by atoms with Crippen LogP contribution in [-0.2, 0) is 20.8 Å². The lowest BCUT2D eigenvalue weighted by atomic mass is 9.97. The van der Waals surface area contributed by atoms with E-state index >= 15 is 0 Å². The van der Waals surface area contributed by atoms with Gasteiger partial charge in [0.25, 0.3) is 0 Å². The summed E-state index contributed by atoms with van der Waals surface area (Å²) in [7, 11) is 0. The van der Waals surface area contributed by atoms with Gasteiger partial charge in [-0.25, -0.2) is 4.79 Å². The van der Waals surface area contributed by atoms with Crippen molar-refractivity contribution >= 4 is 17.8 Å². The van der Waals surface area contributed by atoms with Gasteiger partial charge in [-0.15, -0.1) is 0 Å². The number of hydrogen-bond acceptors (Lipinski definition) is 4. The van der Waals surface area contributed by atoms with Gasteiger partial charge in [0.1, 0.15) is 12.1 Å². The van der Waals surface area contributed by atoms with Gasteiger partial charge < -0.3 is 21.5 Å². The van der Waals surface area contributed by atoms with Crippen molar-refractivity contribution in [1.29, 1.82) is 0 Å². The number of benzene rings is 1. The topological polar surface area (TPSA) is 122 Å². The Morgan fingerprint density at radius 3 is 2.14 bits per heavy atom. The van der Waals surface area contributed by atoms with Gasteiger partial charge >= 0.3 is 5.97 Å². The zero-order chi connectivity index (χ0) is 21.3. The molecule has 1 rings (SSSR count). The molecule has 7 nitrogen and oxygen atoms in total. The smallest absolute Gasteiger partial charge is 0.326 e. The van der Waals surface area contributed by atoms with Crippen molar-refractivity contribution in [2.45, 2.75) is 65.1 Å². The van der Waals surface area contributed by atoms with Crippen molar-refractivity contribution in [3.63, 3.8) is 0 Å². The van der Waals surface area contributed by atoms with E-state index in [4.69, 9.17) is 5.73 Å². The molecule has 28 heavy (non-hydrogen) atoms. The van der Waals surface area contributed by atoms with E-state index in [9.17, 15) is 19.5 Å².